The molecule has 39 heavy (non-hydrogen) atoms. The Balaban J connectivity index is 0.000000317. The van der Waals surface area contributed by atoms with Gasteiger partial charge in [0.1, 0.15) is 0 Å². The van der Waals surface area contributed by atoms with Crippen LogP contribution in [-0.4, -0.2) is 84.2 Å². The second-order valence-corrected chi connectivity index (χ2v) is 10.9. The molecule has 0 saturated carbocycles. The molecule has 2 N–H and O–H groups in total. The maximum Gasteiger partial charge on any atom is 0.490 e. The molecule has 2 aromatic heterocycles. The number of rotatable bonds is 6. The molecule has 2 saturated heterocycles. The van der Waals surface area contributed by atoms with Crippen LogP contribution in [0.15, 0.2) is 33.7 Å². The van der Waals surface area contributed by atoms with Crippen LogP contribution in [-0.2, 0) is 27.4 Å². The Labute approximate surface area is 229 Å². The van der Waals surface area contributed by atoms with E-state index < -0.39 is 24.3 Å². The minimum Gasteiger partial charge on any atom is -0.475 e. The Kier molecular flexibility index (Phi) is 12.2. The summed E-state index contributed by atoms with van der Waals surface area (Å²) in [5, 5.41) is 23.2. The zero-order valence-corrected chi connectivity index (χ0v) is 22.6. The summed E-state index contributed by atoms with van der Waals surface area (Å²) in [4.78, 5) is 23.1. The van der Waals surface area contributed by atoms with Gasteiger partial charge in [-0.3, -0.25) is 9.80 Å². The van der Waals surface area contributed by atoms with Crippen molar-refractivity contribution in [3.05, 3.63) is 44.8 Å². The van der Waals surface area contributed by atoms with Gasteiger partial charge in [-0.2, -0.15) is 49.0 Å². The van der Waals surface area contributed by atoms with Crippen molar-refractivity contribution < 1.29 is 50.9 Å². The zero-order valence-electron chi connectivity index (χ0n) is 21.0. The van der Waals surface area contributed by atoms with Crippen LogP contribution in [0.25, 0.3) is 0 Å². The van der Waals surface area contributed by atoms with E-state index >= 15 is 0 Å². The van der Waals surface area contributed by atoms with Crippen molar-refractivity contribution >= 4 is 34.6 Å². The molecular formula is C24H30F6N2O5S2. The molecule has 4 rings (SSSR count). The first-order valence-corrected chi connectivity index (χ1v) is 13.6. The Morgan fingerprint density at radius 2 is 1.36 bits per heavy atom. The lowest BCUT2D eigenvalue weighted by Crippen LogP contribution is -2.44. The molecule has 2 fully saturated rings. The molecule has 2 aliphatic rings. The van der Waals surface area contributed by atoms with Crippen molar-refractivity contribution in [3.63, 3.8) is 0 Å². The largest absolute Gasteiger partial charge is 0.490 e. The van der Waals surface area contributed by atoms with Crippen molar-refractivity contribution in [2.24, 2.45) is 11.3 Å². The lowest BCUT2D eigenvalue weighted by Gasteiger charge is -2.42. The first-order valence-electron chi connectivity index (χ1n) is 11.7. The summed E-state index contributed by atoms with van der Waals surface area (Å²) in [5.74, 6) is -4.83. The molecule has 1 atom stereocenters. The molecule has 2 aliphatic heterocycles. The SMILES string of the molecule is COCC1CN(Cc2ccsc2)CC12CCN(Cc1ccsc1)CC2.O=C(O)C(F)(F)F.O=C(O)C(F)(F)F. The third-order valence-corrected chi connectivity index (χ3v) is 8.02. The van der Waals surface area contributed by atoms with Crippen LogP contribution in [0.3, 0.4) is 0 Å². The van der Waals surface area contributed by atoms with Crippen LogP contribution in [0, 0.1) is 11.3 Å². The average molecular weight is 605 g/mol. The van der Waals surface area contributed by atoms with Gasteiger partial charge in [-0.1, -0.05) is 0 Å². The second kappa shape index (κ2) is 14.4. The summed E-state index contributed by atoms with van der Waals surface area (Å²) in [6, 6.07) is 4.53. The highest BCUT2D eigenvalue weighted by Gasteiger charge is 2.47. The van der Waals surface area contributed by atoms with Gasteiger partial charge in [-0.05, 0) is 76.1 Å². The van der Waals surface area contributed by atoms with Crippen LogP contribution in [0.5, 0.6) is 0 Å². The number of carboxylic acids is 2. The number of halogens is 6. The summed E-state index contributed by atoms with van der Waals surface area (Å²) >= 11 is 3.61. The molecule has 4 heterocycles. The summed E-state index contributed by atoms with van der Waals surface area (Å²) < 4.78 is 69.1. The Bertz CT molecular complexity index is 983. The van der Waals surface area contributed by atoms with Crippen LogP contribution in [0.4, 0.5) is 26.3 Å². The number of hydrogen-bond acceptors (Lipinski definition) is 7. The van der Waals surface area contributed by atoms with E-state index in [-0.39, 0.29) is 0 Å². The van der Waals surface area contributed by atoms with Crippen LogP contribution < -0.4 is 0 Å². The van der Waals surface area contributed by atoms with Crippen molar-refractivity contribution in [3.8, 4) is 0 Å². The predicted octanol–water partition coefficient (Wildman–Crippen LogP) is 5.44. The molecule has 1 unspecified atom stereocenters. The van der Waals surface area contributed by atoms with Crippen molar-refractivity contribution in [1.29, 1.82) is 0 Å². The van der Waals surface area contributed by atoms with Gasteiger partial charge in [-0.25, -0.2) is 9.59 Å². The van der Waals surface area contributed by atoms with Crippen LogP contribution in [0.1, 0.15) is 24.0 Å². The first-order chi connectivity index (χ1) is 18.2. The van der Waals surface area contributed by atoms with Crippen molar-refractivity contribution in [2.75, 3.05) is 39.9 Å². The number of hydrogen-bond donors (Lipinski definition) is 2. The van der Waals surface area contributed by atoms with Crippen LogP contribution in [0.2, 0.25) is 0 Å². The smallest absolute Gasteiger partial charge is 0.475 e. The number of piperidine rings is 1. The van der Waals surface area contributed by atoms with Crippen molar-refractivity contribution in [1.82, 2.24) is 9.80 Å². The van der Waals surface area contributed by atoms with E-state index in [1.165, 1.54) is 50.1 Å². The highest BCUT2D eigenvalue weighted by molar-refractivity contribution is 7.08. The molecule has 7 nitrogen and oxygen atoms in total. The lowest BCUT2D eigenvalue weighted by atomic mass is 9.71. The minimum atomic E-state index is -5.08. The Hall–Kier alpha value is -2.20. The number of likely N-dealkylation sites (tertiary alicyclic amines) is 2. The Morgan fingerprint density at radius 1 is 0.923 bits per heavy atom. The normalized spacial score (nSPS) is 19.6. The van der Waals surface area contributed by atoms with Gasteiger partial charge in [0.2, 0.25) is 0 Å². The Morgan fingerprint density at radius 3 is 1.72 bits per heavy atom. The minimum absolute atomic E-state index is 0.456. The van der Waals surface area contributed by atoms with E-state index in [1.807, 2.05) is 7.11 Å². The van der Waals surface area contributed by atoms with Crippen molar-refractivity contribution in [2.45, 2.75) is 38.3 Å². The summed E-state index contributed by atoms with van der Waals surface area (Å²) in [6.07, 6.45) is -7.55. The zero-order chi connectivity index (χ0) is 29.3. The number of thiophene rings is 2. The summed E-state index contributed by atoms with van der Waals surface area (Å²) in [7, 11) is 1.86. The monoisotopic (exact) mass is 604 g/mol. The van der Waals surface area contributed by atoms with Gasteiger partial charge >= 0.3 is 24.3 Å². The van der Waals surface area contributed by atoms with Gasteiger partial charge in [0, 0.05) is 39.2 Å². The van der Waals surface area contributed by atoms with E-state index in [2.05, 4.69) is 43.5 Å². The van der Waals surface area contributed by atoms with E-state index in [1.54, 1.807) is 22.7 Å². The fourth-order valence-electron chi connectivity index (χ4n) is 4.70. The molecule has 0 aromatic carbocycles. The lowest BCUT2D eigenvalue weighted by molar-refractivity contribution is -0.193. The number of carboxylic acid groups (broad SMARTS) is 2. The third-order valence-electron chi connectivity index (χ3n) is 6.56. The maximum atomic E-state index is 10.6. The number of ether oxygens (including phenoxy) is 1. The molecule has 0 aliphatic carbocycles. The highest BCUT2D eigenvalue weighted by atomic mass is 32.1. The molecule has 220 valence electrons. The van der Waals surface area contributed by atoms with Gasteiger partial charge in [0.05, 0.1) is 6.61 Å². The van der Waals surface area contributed by atoms with E-state index in [9.17, 15) is 26.3 Å². The average Bonchev–Trinajstić information content (AvgIpc) is 3.59. The predicted molar refractivity (Wildman–Crippen MR) is 134 cm³/mol. The van der Waals surface area contributed by atoms with Crippen LogP contribution >= 0.6 is 22.7 Å². The number of nitrogens with zero attached hydrogens (tertiary/aromatic N) is 2. The first kappa shape index (κ1) is 33.0. The maximum absolute atomic E-state index is 10.6. The number of carbonyl (C=O) groups is 2. The quantitative estimate of drug-likeness (QED) is 0.425. The molecule has 2 aromatic rings. The standard InChI is InChI=1S/C20H28N2OS2.2C2HF3O2/c1-23-13-19-12-22(11-18-3-9-25-15-18)16-20(19)4-6-21(7-5-20)10-17-2-8-24-14-17;2*3-2(4,5)1(6)7/h2-3,8-9,14-15,19H,4-7,10-13,16H2,1H3;2*(H,6,7). The fourth-order valence-corrected chi connectivity index (χ4v) is 6.02. The number of aliphatic carboxylic acids is 2. The van der Waals surface area contributed by atoms with E-state index in [4.69, 9.17) is 24.5 Å². The number of alkyl halides is 6. The molecule has 0 amide bonds. The fraction of sp³-hybridized carbons (Fsp3) is 0.583. The van der Waals surface area contributed by atoms with Gasteiger partial charge in [0.15, 0.2) is 0 Å². The highest BCUT2D eigenvalue weighted by Crippen LogP contribution is 2.45. The van der Waals surface area contributed by atoms with E-state index in [0.717, 1.165) is 19.7 Å². The molecule has 0 bridgehead atoms. The summed E-state index contributed by atoms with van der Waals surface area (Å²) in [5.41, 5.74) is 3.39. The third kappa shape index (κ3) is 10.7. The molecular weight excluding hydrogens is 574 g/mol. The van der Waals surface area contributed by atoms with Gasteiger partial charge < -0.3 is 14.9 Å². The number of methoxy groups -OCH3 is 1. The van der Waals surface area contributed by atoms with Gasteiger partial charge in [-0.15, -0.1) is 0 Å². The second-order valence-electron chi connectivity index (χ2n) is 9.33. The summed E-state index contributed by atoms with van der Waals surface area (Å²) in [6.45, 7) is 8.00. The molecule has 1 spiro atoms. The topological polar surface area (TPSA) is 90.3 Å². The van der Waals surface area contributed by atoms with Gasteiger partial charge in [0.25, 0.3) is 0 Å². The molecule has 15 heteroatoms. The molecule has 0 radical (unpaired) electrons. The van der Waals surface area contributed by atoms with E-state index in [0.29, 0.717) is 11.3 Å².